The number of hydrogen-bond acceptors (Lipinski definition) is 7. The predicted octanol–water partition coefficient (Wildman–Crippen LogP) is 3.95. The molecule has 0 atom stereocenters. The Morgan fingerprint density at radius 2 is 1.85 bits per heavy atom. The maximum absolute atomic E-state index is 13.2. The number of nitrogens with one attached hydrogen (secondary N) is 2. The number of pyridine rings is 1. The largest absolute Gasteiger partial charge is 0.474 e. The third kappa shape index (κ3) is 6.39. The van der Waals surface area contributed by atoms with Gasteiger partial charge >= 0.3 is 6.03 Å². The van der Waals surface area contributed by atoms with Crippen LogP contribution >= 0.6 is 0 Å². The first-order valence-electron chi connectivity index (χ1n) is 14.3. The van der Waals surface area contributed by atoms with E-state index in [0.29, 0.717) is 24.4 Å². The van der Waals surface area contributed by atoms with E-state index in [9.17, 15) is 13.2 Å². The molecule has 1 aromatic carbocycles. The number of fused-ring (bicyclic) bond motifs is 1. The number of hydrogen-bond donors (Lipinski definition) is 2. The van der Waals surface area contributed by atoms with Crippen LogP contribution in [0, 0.1) is 6.92 Å². The molecule has 0 spiro atoms. The molecule has 1 aliphatic carbocycles. The highest BCUT2D eigenvalue weighted by Crippen LogP contribution is 2.41. The minimum atomic E-state index is -3.79. The lowest BCUT2D eigenvalue weighted by molar-refractivity contribution is 0.110. The molecule has 0 bridgehead atoms. The number of likely N-dealkylation sites (tertiary alicyclic amines) is 2. The van der Waals surface area contributed by atoms with Crippen molar-refractivity contribution >= 4 is 21.7 Å². The van der Waals surface area contributed by atoms with Crippen molar-refractivity contribution in [2.45, 2.75) is 70.1 Å². The normalized spacial score (nSPS) is 19.6. The van der Waals surface area contributed by atoms with Gasteiger partial charge in [-0.05, 0) is 107 Å². The van der Waals surface area contributed by atoms with E-state index in [1.807, 2.05) is 19.1 Å². The van der Waals surface area contributed by atoms with E-state index in [2.05, 4.69) is 44.9 Å². The Balaban J connectivity index is 1.38. The fourth-order valence-electron chi connectivity index (χ4n) is 6.19. The van der Waals surface area contributed by atoms with E-state index in [4.69, 9.17) is 4.74 Å². The summed E-state index contributed by atoms with van der Waals surface area (Å²) in [4.78, 5) is 22.2. The number of ether oxygens (including phenoxy) is 1. The molecule has 2 amide bonds. The second kappa shape index (κ2) is 11.8. The summed E-state index contributed by atoms with van der Waals surface area (Å²) in [6.07, 6.45) is 7.62. The Hall–Kier alpha value is -2.69. The van der Waals surface area contributed by atoms with Crippen molar-refractivity contribution in [1.29, 1.82) is 0 Å². The van der Waals surface area contributed by atoms with Gasteiger partial charge in [0.15, 0.2) is 0 Å². The topological polar surface area (TPSA) is 104 Å². The summed E-state index contributed by atoms with van der Waals surface area (Å²) < 4.78 is 34.7. The number of anilines is 1. The summed E-state index contributed by atoms with van der Waals surface area (Å²) >= 11 is 0. The van der Waals surface area contributed by atoms with E-state index in [-0.39, 0.29) is 6.10 Å². The molecule has 2 N–H and O–H groups in total. The molecule has 2 aliphatic heterocycles. The number of carbonyl (C=O) groups excluding carboxylic acids is 1. The van der Waals surface area contributed by atoms with Gasteiger partial charge in [-0.1, -0.05) is 13.0 Å². The molecule has 2 aromatic rings. The van der Waals surface area contributed by atoms with Crippen LogP contribution in [-0.2, 0) is 22.9 Å². The summed E-state index contributed by atoms with van der Waals surface area (Å²) in [5.74, 6) is 0.568. The standard InChI is InChI=1S/C29H41N5O4S/c1-4-34-16-11-24(12-17-34)39(36,37)32-29(35)31-28-25-7-5-6-21(25)18-20(2)27(28)22-8-13-30-26(19-22)38-23-9-14-33(3)15-10-23/h8,13,18-19,23-24H,4-7,9-12,14-17H2,1-3H3,(H2,31,32,35). The Kier molecular flexibility index (Phi) is 8.44. The van der Waals surface area contributed by atoms with Gasteiger partial charge in [0.1, 0.15) is 6.10 Å². The maximum Gasteiger partial charge on any atom is 0.332 e. The average Bonchev–Trinajstić information content (AvgIpc) is 3.38. The number of carbonyl (C=O) groups is 1. The first-order valence-corrected chi connectivity index (χ1v) is 15.8. The van der Waals surface area contributed by atoms with Crippen molar-refractivity contribution < 1.29 is 17.9 Å². The predicted molar refractivity (Wildman–Crippen MR) is 154 cm³/mol. The number of rotatable bonds is 7. The number of sulfonamides is 1. The van der Waals surface area contributed by atoms with Crippen LogP contribution in [0.4, 0.5) is 10.5 Å². The van der Waals surface area contributed by atoms with Gasteiger partial charge in [-0.15, -0.1) is 0 Å². The first kappa shape index (κ1) is 27.9. The van der Waals surface area contributed by atoms with Crippen molar-refractivity contribution in [3.63, 3.8) is 0 Å². The fraction of sp³-hybridized carbons (Fsp3) is 0.586. The van der Waals surface area contributed by atoms with Gasteiger partial charge in [0.25, 0.3) is 0 Å². The number of nitrogens with zero attached hydrogens (tertiary/aromatic N) is 3. The molecule has 0 unspecified atom stereocenters. The highest BCUT2D eigenvalue weighted by molar-refractivity contribution is 7.90. The molecule has 1 aromatic heterocycles. The summed E-state index contributed by atoms with van der Waals surface area (Å²) in [7, 11) is -1.66. The lowest BCUT2D eigenvalue weighted by Crippen LogP contribution is -2.46. The van der Waals surface area contributed by atoms with Crippen molar-refractivity contribution in [3.05, 3.63) is 41.1 Å². The molecule has 212 valence electrons. The smallest absolute Gasteiger partial charge is 0.332 e. The van der Waals surface area contributed by atoms with Gasteiger partial charge in [-0.3, -0.25) is 0 Å². The molecular formula is C29H41N5O4S. The lowest BCUT2D eigenvalue weighted by Gasteiger charge is -2.30. The molecule has 9 nitrogen and oxygen atoms in total. The third-order valence-electron chi connectivity index (χ3n) is 8.47. The van der Waals surface area contributed by atoms with Crippen LogP contribution < -0.4 is 14.8 Å². The van der Waals surface area contributed by atoms with Gasteiger partial charge in [0.2, 0.25) is 15.9 Å². The Morgan fingerprint density at radius 3 is 2.56 bits per heavy atom. The monoisotopic (exact) mass is 555 g/mol. The minimum absolute atomic E-state index is 0.128. The summed E-state index contributed by atoms with van der Waals surface area (Å²) in [6.45, 7) is 8.46. The van der Waals surface area contributed by atoms with Gasteiger partial charge in [-0.25, -0.2) is 22.9 Å². The van der Waals surface area contributed by atoms with Crippen molar-refractivity contribution in [2.24, 2.45) is 0 Å². The van der Waals surface area contributed by atoms with Crippen LogP contribution in [-0.4, -0.2) is 80.4 Å². The molecule has 0 radical (unpaired) electrons. The molecule has 2 saturated heterocycles. The number of urea groups is 1. The van der Waals surface area contributed by atoms with Gasteiger partial charge in [0, 0.05) is 30.9 Å². The Morgan fingerprint density at radius 1 is 1.10 bits per heavy atom. The number of aryl methyl sites for hydroxylation is 2. The van der Waals surface area contributed by atoms with Crippen LogP contribution in [0.15, 0.2) is 24.4 Å². The van der Waals surface area contributed by atoms with Crippen LogP contribution in [0.2, 0.25) is 0 Å². The van der Waals surface area contributed by atoms with E-state index < -0.39 is 21.3 Å². The Bertz CT molecular complexity index is 1300. The quantitative estimate of drug-likeness (QED) is 0.533. The van der Waals surface area contributed by atoms with E-state index in [0.717, 1.165) is 87.1 Å². The fourth-order valence-corrected chi connectivity index (χ4v) is 7.50. The van der Waals surface area contributed by atoms with Gasteiger partial charge < -0.3 is 19.9 Å². The summed E-state index contributed by atoms with van der Waals surface area (Å²) in [6, 6.07) is 5.35. The third-order valence-corrected chi connectivity index (χ3v) is 10.3. The molecule has 5 rings (SSSR count). The van der Waals surface area contributed by atoms with Gasteiger partial charge in [-0.2, -0.15) is 0 Å². The SMILES string of the molecule is CCN1CCC(S(=O)(=O)NC(=O)Nc2c3c(cc(C)c2-c2ccnc(OC4CCN(C)CC4)c2)CCC3)CC1. The zero-order chi connectivity index (χ0) is 27.6. The molecule has 39 heavy (non-hydrogen) atoms. The average molecular weight is 556 g/mol. The lowest BCUT2D eigenvalue weighted by atomic mass is 9.93. The highest BCUT2D eigenvalue weighted by Gasteiger charge is 2.32. The zero-order valence-electron chi connectivity index (χ0n) is 23.3. The second-order valence-corrected chi connectivity index (χ2v) is 13.1. The van der Waals surface area contributed by atoms with Crippen LogP contribution in [0.3, 0.4) is 0 Å². The van der Waals surface area contributed by atoms with Crippen molar-refractivity contribution in [2.75, 3.05) is 45.1 Å². The van der Waals surface area contributed by atoms with Crippen molar-refractivity contribution in [1.82, 2.24) is 19.5 Å². The van der Waals surface area contributed by atoms with Crippen LogP contribution in [0.25, 0.3) is 11.1 Å². The number of piperidine rings is 2. The minimum Gasteiger partial charge on any atom is -0.474 e. The summed E-state index contributed by atoms with van der Waals surface area (Å²) in [5, 5.41) is 2.40. The second-order valence-electron chi connectivity index (χ2n) is 11.2. The molecule has 10 heteroatoms. The van der Waals surface area contributed by atoms with Crippen LogP contribution in [0.1, 0.15) is 55.7 Å². The van der Waals surface area contributed by atoms with E-state index >= 15 is 0 Å². The molecule has 3 heterocycles. The van der Waals surface area contributed by atoms with Gasteiger partial charge in [0.05, 0.1) is 10.9 Å². The summed E-state index contributed by atoms with van der Waals surface area (Å²) in [5.41, 5.74) is 5.78. The number of aromatic nitrogens is 1. The highest BCUT2D eigenvalue weighted by atomic mass is 32.2. The van der Waals surface area contributed by atoms with E-state index in [1.165, 1.54) is 5.56 Å². The number of amides is 2. The molecular weight excluding hydrogens is 514 g/mol. The van der Waals surface area contributed by atoms with Crippen molar-refractivity contribution in [3.8, 4) is 17.0 Å². The zero-order valence-corrected chi connectivity index (χ0v) is 24.1. The first-order chi connectivity index (χ1) is 18.7. The number of benzene rings is 1. The maximum atomic E-state index is 13.2. The molecule has 3 aliphatic rings. The molecule has 2 fully saturated rings. The Labute approximate surface area is 232 Å². The van der Waals surface area contributed by atoms with E-state index in [1.54, 1.807) is 6.20 Å². The molecule has 0 saturated carbocycles. The van der Waals surface area contributed by atoms with Crippen LogP contribution in [0.5, 0.6) is 5.88 Å².